The van der Waals surface area contributed by atoms with Crippen LogP contribution in [-0.4, -0.2) is 25.5 Å². The summed E-state index contributed by atoms with van der Waals surface area (Å²) >= 11 is 1.68. The van der Waals surface area contributed by atoms with Crippen LogP contribution in [0.2, 0.25) is 0 Å². The Kier molecular flexibility index (Phi) is 5.77. The predicted octanol–water partition coefficient (Wildman–Crippen LogP) is 4.68. The van der Waals surface area contributed by atoms with Crippen molar-refractivity contribution in [3.63, 3.8) is 0 Å². The topological polar surface area (TPSA) is 64.6 Å². The summed E-state index contributed by atoms with van der Waals surface area (Å²) in [6.45, 7) is 3.93. The van der Waals surface area contributed by atoms with E-state index < -0.39 is 11.9 Å². The maximum absolute atomic E-state index is 13.4. The van der Waals surface area contributed by atoms with Gasteiger partial charge in [-0.2, -0.15) is 0 Å². The number of methoxy groups -OCH3 is 1. The zero-order valence-electron chi connectivity index (χ0n) is 17.4. The van der Waals surface area contributed by atoms with Gasteiger partial charge in [-0.3, -0.25) is 4.79 Å². The van der Waals surface area contributed by atoms with Crippen molar-refractivity contribution in [2.24, 2.45) is 0 Å². The molecule has 0 fully saturated rings. The van der Waals surface area contributed by atoms with Gasteiger partial charge in [-0.1, -0.05) is 24.3 Å². The van der Waals surface area contributed by atoms with E-state index in [1.54, 1.807) is 25.4 Å². The van der Waals surface area contributed by atoms with E-state index in [4.69, 9.17) is 9.47 Å². The van der Waals surface area contributed by atoms with Crippen molar-refractivity contribution < 1.29 is 19.1 Å². The Bertz CT molecular complexity index is 1040. The first-order valence-electron chi connectivity index (χ1n) is 10.1. The summed E-state index contributed by atoms with van der Waals surface area (Å²) in [4.78, 5) is 27.6. The van der Waals surface area contributed by atoms with E-state index in [-0.39, 0.29) is 18.3 Å². The fraction of sp³-hybridized carbons (Fsp3) is 0.333. The lowest BCUT2D eigenvalue weighted by Gasteiger charge is -2.36. The molecule has 1 aliphatic heterocycles. The molecule has 4 rings (SSSR count). The number of Topliss-reactive ketones (excluding diaryl/α,β-unsaturated/α-hetero) is 1. The predicted molar refractivity (Wildman–Crippen MR) is 117 cm³/mol. The third-order valence-corrected chi connectivity index (χ3v) is 6.75. The second-order valence-electron chi connectivity index (χ2n) is 7.50. The number of carbonyl (C=O) groups excluding carboxylic acids is 2. The van der Waals surface area contributed by atoms with Gasteiger partial charge in [0.25, 0.3) is 0 Å². The van der Waals surface area contributed by atoms with Gasteiger partial charge in [-0.15, -0.1) is 11.3 Å². The smallest absolute Gasteiger partial charge is 0.336 e. The highest BCUT2D eigenvalue weighted by molar-refractivity contribution is 7.10. The van der Waals surface area contributed by atoms with E-state index in [1.165, 1.54) is 4.88 Å². The van der Waals surface area contributed by atoms with Gasteiger partial charge in [0.1, 0.15) is 5.75 Å². The monoisotopic (exact) mass is 423 g/mol. The first kappa shape index (κ1) is 20.4. The lowest BCUT2D eigenvalue weighted by atomic mass is 9.72. The Morgan fingerprint density at radius 1 is 1.20 bits per heavy atom. The molecule has 0 radical (unpaired) electrons. The van der Waals surface area contributed by atoms with Crippen LogP contribution < -0.4 is 10.1 Å². The van der Waals surface area contributed by atoms with Crippen LogP contribution in [0.15, 0.2) is 64.3 Å². The van der Waals surface area contributed by atoms with Crippen molar-refractivity contribution in [3.05, 3.63) is 74.8 Å². The van der Waals surface area contributed by atoms with Gasteiger partial charge in [0.05, 0.1) is 25.2 Å². The van der Waals surface area contributed by atoms with E-state index in [0.717, 1.165) is 23.4 Å². The molecular formula is C24H25NO4S. The number of allylic oxidation sites excluding steroid dienone is 3. The average Bonchev–Trinajstić information content (AvgIpc) is 3.27. The highest BCUT2D eigenvalue weighted by Gasteiger charge is 2.42. The van der Waals surface area contributed by atoms with E-state index in [1.807, 2.05) is 42.6 Å². The first-order chi connectivity index (χ1) is 14.5. The molecule has 1 aliphatic carbocycles. The number of carbonyl (C=O) groups is 2. The molecule has 0 amide bonds. The number of hydrogen-bond acceptors (Lipinski definition) is 6. The van der Waals surface area contributed by atoms with Crippen LogP contribution in [0.3, 0.4) is 0 Å². The van der Waals surface area contributed by atoms with E-state index in [9.17, 15) is 9.59 Å². The molecule has 1 aromatic carbocycles. The first-order valence-corrected chi connectivity index (χ1v) is 11.0. The maximum Gasteiger partial charge on any atom is 0.336 e. The Morgan fingerprint density at radius 3 is 2.70 bits per heavy atom. The second kappa shape index (κ2) is 8.48. The number of dihydropyridines is 1. The number of benzene rings is 1. The van der Waals surface area contributed by atoms with Crippen LogP contribution in [0.4, 0.5) is 0 Å². The number of hydrogen-bond donors (Lipinski definition) is 1. The molecule has 0 saturated heterocycles. The normalized spacial score (nSPS) is 21.2. The number of para-hydroxylation sites is 1. The zero-order valence-corrected chi connectivity index (χ0v) is 18.2. The van der Waals surface area contributed by atoms with Gasteiger partial charge in [-0.05, 0) is 37.8 Å². The molecule has 2 aromatic rings. The molecule has 6 heteroatoms. The van der Waals surface area contributed by atoms with Crippen molar-refractivity contribution in [3.8, 4) is 5.75 Å². The molecule has 1 aromatic heterocycles. The molecule has 1 N–H and O–H groups in total. The number of ketones is 1. The number of rotatable bonds is 5. The van der Waals surface area contributed by atoms with Crippen LogP contribution >= 0.6 is 11.3 Å². The van der Waals surface area contributed by atoms with Gasteiger partial charge < -0.3 is 14.8 Å². The summed E-state index contributed by atoms with van der Waals surface area (Å²) in [6.07, 6.45) is 1.17. The van der Waals surface area contributed by atoms with Crippen molar-refractivity contribution in [2.45, 2.75) is 38.5 Å². The molecule has 0 spiro atoms. The summed E-state index contributed by atoms with van der Waals surface area (Å²) in [5.74, 6) is -0.0447. The summed E-state index contributed by atoms with van der Waals surface area (Å²) in [7, 11) is 1.60. The molecule has 2 aliphatic rings. The average molecular weight is 424 g/mol. The van der Waals surface area contributed by atoms with Crippen molar-refractivity contribution >= 4 is 23.1 Å². The molecule has 30 heavy (non-hydrogen) atoms. The maximum atomic E-state index is 13.4. The number of esters is 1. The fourth-order valence-corrected chi connectivity index (χ4v) is 5.29. The van der Waals surface area contributed by atoms with Gasteiger partial charge >= 0.3 is 5.97 Å². The van der Waals surface area contributed by atoms with Crippen LogP contribution in [0.25, 0.3) is 0 Å². The largest absolute Gasteiger partial charge is 0.496 e. The van der Waals surface area contributed by atoms with Crippen molar-refractivity contribution in [2.75, 3.05) is 13.7 Å². The number of nitrogens with one attached hydrogen (secondary N) is 1. The standard InChI is InChI=1S/C24H25NO4S/c1-4-29-24(27)21-14(2)25-17-12-15(20-10-7-11-30-20)13-18(26)23(17)22(21)16-8-5-6-9-19(16)28-3/h5-11,15,22,25H,4,12-13H2,1-3H3. The Balaban J connectivity index is 1.85. The van der Waals surface area contributed by atoms with Gasteiger partial charge in [0.15, 0.2) is 5.78 Å². The zero-order chi connectivity index (χ0) is 21.3. The SMILES string of the molecule is CCOC(=O)C1=C(C)NC2=C(C(=O)CC(c3cccs3)C2)C1c1ccccc1OC. The van der Waals surface area contributed by atoms with Crippen molar-refractivity contribution in [1.29, 1.82) is 0 Å². The molecule has 0 bridgehead atoms. The molecule has 0 saturated carbocycles. The summed E-state index contributed by atoms with van der Waals surface area (Å²) in [6, 6.07) is 11.7. The van der Waals surface area contributed by atoms with Crippen LogP contribution in [-0.2, 0) is 14.3 Å². The Labute approximate surface area is 180 Å². The van der Waals surface area contributed by atoms with Crippen LogP contribution in [0.1, 0.15) is 49.0 Å². The molecule has 5 nitrogen and oxygen atoms in total. The minimum Gasteiger partial charge on any atom is -0.496 e. The fourth-order valence-electron chi connectivity index (χ4n) is 4.46. The Morgan fingerprint density at radius 2 is 2.00 bits per heavy atom. The molecule has 2 heterocycles. The summed E-state index contributed by atoms with van der Waals surface area (Å²) in [5.41, 5.74) is 3.55. The second-order valence-corrected chi connectivity index (χ2v) is 8.47. The number of ether oxygens (including phenoxy) is 2. The van der Waals surface area contributed by atoms with E-state index >= 15 is 0 Å². The minimum absolute atomic E-state index is 0.0624. The molecule has 156 valence electrons. The summed E-state index contributed by atoms with van der Waals surface area (Å²) < 4.78 is 11.0. The van der Waals surface area contributed by atoms with Crippen molar-refractivity contribution in [1.82, 2.24) is 5.32 Å². The van der Waals surface area contributed by atoms with Gasteiger partial charge in [0.2, 0.25) is 0 Å². The van der Waals surface area contributed by atoms with Crippen LogP contribution in [0.5, 0.6) is 5.75 Å². The quantitative estimate of drug-likeness (QED) is 0.708. The third kappa shape index (κ3) is 3.56. The minimum atomic E-state index is -0.506. The summed E-state index contributed by atoms with van der Waals surface area (Å²) in [5, 5.41) is 5.41. The molecular weight excluding hydrogens is 398 g/mol. The Hall–Kier alpha value is -2.86. The lowest BCUT2D eigenvalue weighted by molar-refractivity contribution is -0.138. The van der Waals surface area contributed by atoms with E-state index in [0.29, 0.717) is 23.3 Å². The molecule has 2 unspecified atom stereocenters. The highest BCUT2D eigenvalue weighted by atomic mass is 32.1. The van der Waals surface area contributed by atoms with Gasteiger partial charge in [-0.25, -0.2) is 4.79 Å². The lowest BCUT2D eigenvalue weighted by Crippen LogP contribution is -2.36. The number of thiophene rings is 1. The van der Waals surface area contributed by atoms with Crippen LogP contribution in [0, 0.1) is 0 Å². The van der Waals surface area contributed by atoms with E-state index in [2.05, 4.69) is 11.4 Å². The van der Waals surface area contributed by atoms with Gasteiger partial charge in [0, 0.05) is 39.7 Å². The third-order valence-electron chi connectivity index (χ3n) is 5.72. The molecule has 2 atom stereocenters. The highest BCUT2D eigenvalue weighted by Crippen LogP contribution is 2.48.